The zero-order valence-electron chi connectivity index (χ0n) is 33.6. The third kappa shape index (κ3) is 31.8. The van der Waals surface area contributed by atoms with Crippen LogP contribution in [-0.2, 0) is 16.5 Å². The lowest BCUT2D eigenvalue weighted by atomic mass is 10.0. The highest BCUT2D eigenvalue weighted by Gasteiger charge is 2.13. The van der Waals surface area contributed by atoms with Crippen LogP contribution in [0, 0.1) is 0 Å². The highest BCUT2D eigenvalue weighted by Crippen LogP contribution is 2.20. The van der Waals surface area contributed by atoms with Crippen molar-refractivity contribution in [2.75, 3.05) is 0 Å². The van der Waals surface area contributed by atoms with Crippen LogP contribution in [0.15, 0.2) is 29.2 Å². The van der Waals surface area contributed by atoms with Gasteiger partial charge in [-0.05, 0) is 24.5 Å². The second-order valence-electron chi connectivity index (χ2n) is 15.9. The van der Waals surface area contributed by atoms with Crippen LogP contribution in [0.4, 0.5) is 0 Å². The molecule has 1 rings (SSSR count). The number of benzene rings is 1. The summed E-state index contributed by atoms with van der Waals surface area (Å²) < 4.78 is 32.4. The van der Waals surface area contributed by atoms with Crippen LogP contribution in [0.25, 0.3) is 0 Å². The molecule has 1 aromatic carbocycles. The molecule has 0 fully saturated rings. The van der Waals surface area contributed by atoms with Gasteiger partial charge in [-0.1, -0.05) is 263 Å². The predicted molar refractivity (Wildman–Crippen MR) is 221 cm³/mol. The molecule has 1 N–H and O–H groups in total. The average Bonchev–Trinajstić information content (AvgIpc) is 3.11. The smallest absolute Gasteiger partial charge is 0.282 e. The van der Waals surface area contributed by atoms with Crippen molar-refractivity contribution in [3.8, 4) is 0 Å². The fraction of sp³-hybridized carbons (Fsp3) is 0.870. The first-order chi connectivity index (χ1) is 24.6. The third-order valence-corrected chi connectivity index (χ3v) is 12.0. The van der Waals surface area contributed by atoms with E-state index in [-0.39, 0.29) is 4.90 Å². The van der Waals surface area contributed by atoms with Gasteiger partial charge in [0, 0.05) is 0 Å². The Labute approximate surface area is 314 Å². The second kappa shape index (κ2) is 36.5. The lowest BCUT2D eigenvalue weighted by molar-refractivity contribution is 0.481. The second-order valence-corrected chi connectivity index (χ2v) is 17.3. The first-order valence-corrected chi connectivity index (χ1v) is 24.0. The van der Waals surface area contributed by atoms with E-state index in [4.69, 9.17) is 0 Å². The van der Waals surface area contributed by atoms with E-state index in [0.717, 1.165) is 24.8 Å². The van der Waals surface area contributed by atoms with Crippen LogP contribution >= 0.6 is 0 Å². The van der Waals surface area contributed by atoms with E-state index in [9.17, 15) is 13.0 Å². The Kier molecular flexibility index (Phi) is 34.4. The molecule has 1 aromatic rings. The van der Waals surface area contributed by atoms with Gasteiger partial charge in [0.25, 0.3) is 10.1 Å². The summed E-state index contributed by atoms with van der Waals surface area (Å²) in [6.45, 7) is 2.30. The van der Waals surface area contributed by atoms with Gasteiger partial charge in [-0.25, -0.2) is 0 Å². The van der Waals surface area contributed by atoms with Gasteiger partial charge < -0.3 is 0 Å². The van der Waals surface area contributed by atoms with Crippen molar-refractivity contribution in [2.24, 2.45) is 0 Å². The molecule has 0 aliphatic carbocycles. The Morgan fingerprint density at radius 2 is 0.580 bits per heavy atom. The summed E-state index contributed by atoms with van der Waals surface area (Å²) in [5.41, 5.74) is 0.737. The molecule has 0 aromatic heterocycles. The molecular formula is C46H86O3S. The molecule has 4 heteroatoms. The maximum Gasteiger partial charge on any atom is 0.294 e. The minimum atomic E-state index is -4.12. The summed E-state index contributed by atoms with van der Waals surface area (Å²) in [5.74, 6) is 0. The molecule has 0 amide bonds. The van der Waals surface area contributed by atoms with E-state index in [1.165, 1.54) is 237 Å². The highest BCUT2D eigenvalue weighted by atomic mass is 32.2. The summed E-state index contributed by atoms with van der Waals surface area (Å²) in [6, 6.07) is 6.82. The summed E-state index contributed by atoms with van der Waals surface area (Å²) >= 11 is 0. The molecule has 0 saturated heterocycles. The van der Waals surface area contributed by atoms with Gasteiger partial charge in [0.2, 0.25) is 0 Å². The molecular weight excluding hydrogens is 633 g/mol. The van der Waals surface area contributed by atoms with Gasteiger partial charge >= 0.3 is 0 Å². The Balaban J connectivity index is 1.67. The summed E-state index contributed by atoms with van der Waals surface area (Å²) in [7, 11) is -4.12. The van der Waals surface area contributed by atoms with Crippen molar-refractivity contribution in [2.45, 2.75) is 262 Å². The molecule has 0 spiro atoms. The van der Waals surface area contributed by atoms with Gasteiger partial charge in [-0.3, -0.25) is 4.55 Å². The summed E-state index contributed by atoms with van der Waals surface area (Å²) in [4.78, 5) is 0.0709. The molecule has 3 nitrogen and oxygen atoms in total. The molecule has 0 bridgehead atoms. The van der Waals surface area contributed by atoms with Crippen LogP contribution < -0.4 is 0 Å². The van der Waals surface area contributed by atoms with Crippen LogP contribution in [0.3, 0.4) is 0 Å². The number of unbranched alkanes of at least 4 members (excludes halogenated alkanes) is 37. The quantitative estimate of drug-likeness (QED) is 0.0543. The van der Waals surface area contributed by atoms with Gasteiger partial charge in [0.05, 0.1) is 4.90 Å². The molecule has 0 radical (unpaired) electrons. The van der Waals surface area contributed by atoms with Crippen molar-refractivity contribution in [1.29, 1.82) is 0 Å². The zero-order valence-corrected chi connectivity index (χ0v) is 34.4. The Hall–Kier alpha value is -0.870. The molecule has 294 valence electrons. The van der Waals surface area contributed by atoms with Crippen LogP contribution in [0.2, 0.25) is 0 Å². The fourth-order valence-electron chi connectivity index (χ4n) is 7.71. The Morgan fingerprint density at radius 3 is 0.820 bits per heavy atom. The van der Waals surface area contributed by atoms with E-state index in [1.54, 1.807) is 6.07 Å². The molecule has 0 aliphatic heterocycles. The molecule has 0 saturated carbocycles. The van der Waals surface area contributed by atoms with Crippen molar-refractivity contribution in [3.63, 3.8) is 0 Å². The Bertz CT molecular complexity index is 927. The molecule has 0 unspecified atom stereocenters. The fourth-order valence-corrected chi connectivity index (χ4v) is 8.47. The molecule has 0 atom stereocenters. The van der Waals surface area contributed by atoms with Crippen molar-refractivity contribution < 1.29 is 13.0 Å². The van der Waals surface area contributed by atoms with Crippen LogP contribution in [0.1, 0.15) is 256 Å². The zero-order chi connectivity index (χ0) is 36.1. The highest BCUT2D eigenvalue weighted by molar-refractivity contribution is 7.85. The number of rotatable bonds is 40. The third-order valence-electron chi connectivity index (χ3n) is 11.1. The summed E-state index contributed by atoms with van der Waals surface area (Å²) in [5, 5.41) is 0. The Morgan fingerprint density at radius 1 is 0.360 bits per heavy atom. The van der Waals surface area contributed by atoms with Gasteiger partial charge in [0.15, 0.2) is 0 Å². The average molecular weight is 719 g/mol. The van der Waals surface area contributed by atoms with E-state index in [1.807, 2.05) is 12.1 Å². The van der Waals surface area contributed by atoms with E-state index in [2.05, 4.69) is 6.92 Å². The van der Waals surface area contributed by atoms with Crippen molar-refractivity contribution >= 4 is 10.1 Å². The molecule has 0 heterocycles. The topological polar surface area (TPSA) is 54.4 Å². The van der Waals surface area contributed by atoms with Crippen molar-refractivity contribution in [1.82, 2.24) is 0 Å². The van der Waals surface area contributed by atoms with Crippen LogP contribution in [-0.4, -0.2) is 13.0 Å². The number of hydrogen-bond donors (Lipinski definition) is 1. The first-order valence-electron chi connectivity index (χ1n) is 22.6. The number of aryl methyl sites for hydroxylation is 1. The standard InChI is InChI=1S/C46H86O3S/c1-2-3-4-5-6-7-8-9-10-11-12-13-14-15-16-17-18-19-20-21-22-23-24-25-26-27-28-29-30-31-32-33-34-35-36-37-38-39-42-45-43-40-41-44-46(45)50(47,48)49/h40-41,43-44H,2-39,42H2,1H3,(H,47,48,49). The minimum Gasteiger partial charge on any atom is -0.282 e. The lowest BCUT2D eigenvalue weighted by Crippen LogP contribution is -2.03. The van der Waals surface area contributed by atoms with E-state index >= 15 is 0 Å². The van der Waals surface area contributed by atoms with E-state index in [0.29, 0.717) is 0 Å². The molecule has 50 heavy (non-hydrogen) atoms. The monoisotopic (exact) mass is 719 g/mol. The normalized spacial score (nSPS) is 11.9. The maximum atomic E-state index is 11.5. The van der Waals surface area contributed by atoms with Gasteiger partial charge in [-0.2, -0.15) is 8.42 Å². The van der Waals surface area contributed by atoms with Gasteiger partial charge in [-0.15, -0.1) is 0 Å². The van der Waals surface area contributed by atoms with Crippen molar-refractivity contribution in [3.05, 3.63) is 29.8 Å². The molecule has 0 aliphatic rings. The van der Waals surface area contributed by atoms with Gasteiger partial charge in [0.1, 0.15) is 0 Å². The van der Waals surface area contributed by atoms with E-state index < -0.39 is 10.1 Å². The summed E-state index contributed by atoms with van der Waals surface area (Å²) in [6.07, 6.45) is 54.6. The largest absolute Gasteiger partial charge is 0.294 e. The first kappa shape index (κ1) is 47.2. The minimum absolute atomic E-state index is 0.0709. The SMILES string of the molecule is CCCCCCCCCCCCCCCCCCCCCCCCCCCCCCCCCCCCCCCCc1ccccc1S(=O)(=O)O. The van der Waals surface area contributed by atoms with Crippen LogP contribution in [0.5, 0.6) is 0 Å². The predicted octanol–water partition coefficient (Wildman–Crippen LogP) is 16.3. The lowest BCUT2D eigenvalue weighted by Gasteiger charge is -2.07. The maximum absolute atomic E-state index is 11.5. The number of hydrogen-bond acceptors (Lipinski definition) is 2.